The minimum absolute atomic E-state index is 0.187. The van der Waals surface area contributed by atoms with Crippen molar-refractivity contribution in [1.82, 2.24) is 9.78 Å². The van der Waals surface area contributed by atoms with Gasteiger partial charge in [0, 0.05) is 23.9 Å². The van der Waals surface area contributed by atoms with Crippen LogP contribution in [-0.4, -0.2) is 15.8 Å². The van der Waals surface area contributed by atoms with E-state index in [4.69, 9.17) is 5.73 Å². The van der Waals surface area contributed by atoms with Gasteiger partial charge in [0.2, 0.25) is 0 Å². The smallest absolute Gasteiger partial charge is 0.0561 e. The lowest BCUT2D eigenvalue weighted by Crippen LogP contribution is -2.25. The summed E-state index contributed by atoms with van der Waals surface area (Å²) in [4.78, 5) is 0. The fraction of sp³-hybridized carbons (Fsp3) is 0.750. The van der Waals surface area contributed by atoms with Gasteiger partial charge in [-0.15, -0.1) is 0 Å². The Morgan fingerprint density at radius 1 is 1.47 bits per heavy atom. The molecule has 2 N–H and O–H groups in total. The third-order valence-electron chi connectivity index (χ3n) is 3.23. The molecule has 1 aromatic rings. The SMILES string of the molecule is CC(N)Cn1nccc1C1CCCCC1. The molecule has 3 heteroatoms. The normalized spacial score (nSPS) is 20.4. The first-order valence-corrected chi connectivity index (χ1v) is 6.04. The van der Waals surface area contributed by atoms with Crippen LogP contribution in [0.25, 0.3) is 0 Å². The summed E-state index contributed by atoms with van der Waals surface area (Å²) in [5.41, 5.74) is 7.22. The molecule has 1 aliphatic rings. The lowest BCUT2D eigenvalue weighted by atomic mass is 9.87. The maximum Gasteiger partial charge on any atom is 0.0561 e. The molecule has 0 saturated heterocycles. The number of aromatic nitrogens is 2. The average molecular weight is 207 g/mol. The molecule has 15 heavy (non-hydrogen) atoms. The van der Waals surface area contributed by atoms with Gasteiger partial charge >= 0.3 is 0 Å². The summed E-state index contributed by atoms with van der Waals surface area (Å²) in [6.07, 6.45) is 8.70. The lowest BCUT2D eigenvalue weighted by molar-refractivity contribution is 0.407. The van der Waals surface area contributed by atoms with Crippen LogP contribution >= 0.6 is 0 Å². The van der Waals surface area contributed by atoms with E-state index in [-0.39, 0.29) is 6.04 Å². The van der Waals surface area contributed by atoms with Gasteiger partial charge in [0.25, 0.3) is 0 Å². The van der Waals surface area contributed by atoms with E-state index in [0.717, 1.165) is 12.5 Å². The van der Waals surface area contributed by atoms with Crippen LogP contribution in [0.3, 0.4) is 0 Å². The van der Waals surface area contributed by atoms with E-state index in [1.165, 1.54) is 37.8 Å². The predicted octanol–water partition coefficient (Wildman–Crippen LogP) is 2.28. The molecular weight excluding hydrogens is 186 g/mol. The van der Waals surface area contributed by atoms with Crippen LogP contribution in [0.1, 0.15) is 50.6 Å². The summed E-state index contributed by atoms with van der Waals surface area (Å²) < 4.78 is 2.10. The van der Waals surface area contributed by atoms with Gasteiger partial charge in [-0.1, -0.05) is 19.3 Å². The molecule has 2 rings (SSSR count). The fourth-order valence-electron chi connectivity index (χ4n) is 2.51. The monoisotopic (exact) mass is 207 g/mol. The summed E-state index contributed by atoms with van der Waals surface area (Å²) in [6.45, 7) is 2.88. The highest BCUT2D eigenvalue weighted by Crippen LogP contribution is 2.32. The third-order valence-corrected chi connectivity index (χ3v) is 3.23. The highest BCUT2D eigenvalue weighted by Gasteiger charge is 2.19. The van der Waals surface area contributed by atoms with Gasteiger partial charge in [0.15, 0.2) is 0 Å². The van der Waals surface area contributed by atoms with Crippen LogP contribution in [0.4, 0.5) is 0 Å². The van der Waals surface area contributed by atoms with Crippen LogP contribution in [0, 0.1) is 0 Å². The summed E-state index contributed by atoms with van der Waals surface area (Å²) in [7, 11) is 0. The first kappa shape index (κ1) is 10.7. The van der Waals surface area contributed by atoms with Crippen LogP contribution in [0.15, 0.2) is 12.3 Å². The zero-order chi connectivity index (χ0) is 10.7. The van der Waals surface area contributed by atoms with Crippen molar-refractivity contribution in [3.8, 4) is 0 Å². The molecule has 1 unspecified atom stereocenters. The van der Waals surface area contributed by atoms with Crippen molar-refractivity contribution in [3.05, 3.63) is 18.0 Å². The second-order valence-electron chi connectivity index (χ2n) is 4.75. The largest absolute Gasteiger partial charge is 0.326 e. The molecule has 3 nitrogen and oxygen atoms in total. The molecule has 1 fully saturated rings. The molecule has 1 aromatic heterocycles. The molecule has 1 saturated carbocycles. The maximum absolute atomic E-state index is 5.82. The van der Waals surface area contributed by atoms with E-state index in [2.05, 4.69) is 15.8 Å². The van der Waals surface area contributed by atoms with Crippen molar-refractivity contribution in [1.29, 1.82) is 0 Å². The van der Waals surface area contributed by atoms with Crippen molar-refractivity contribution in [2.45, 2.75) is 57.5 Å². The number of hydrogen-bond acceptors (Lipinski definition) is 2. The van der Waals surface area contributed by atoms with E-state index in [9.17, 15) is 0 Å². The molecule has 1 heterocycles. The van der Waals surface area contributed by atoms with Gasteiger partial charge < -0.3 is 5.73 Å². The molecule has 84 valence electrons. The molecule has 0 aliphatic heterocycles. The van der Waals surface area contributed by atoms with Crippen molar-refractivity contribution < 1.29 is 0 Å². The van der Waals surface area contributed by atoms with Crippen LogP contribution in [0.5, 0.6) is 0 Å². The summed E-state index contributed by atoms with van der Waals surface area (Å²) in [5, 5.41) is 4.37. The zero-order valence-electron chi connectivity index (χ0n) is 9.52. The topological polar surface area (TPSA) is 43.8 Å². The first-order chi connectivity index (χ1) is 7.27. The third kappa shape index (κ3) is 2.59. The van der Waals surface area contributed by atoms with E-state index < -0.39 is 0 Å². The van der Waals surface area contributed by atoms with Gasteiger partial charge in [-0.05, 0) is 25.8 Å². The quantitative estimate of drug-likeness (QED) is 0.826. The summed E-state index contributed by atoms with van der Waals surface area (Å²) in [6, 6.07) is 2.35. The molecule has 1 atom stereocenters. The maximum atomic E-state index is 5.82. The number of rotatable bonds is 3. The number of hydrogen-bond donors (Lipinski definition) is 1. The Morgan fingerprint density at radius 3 is 2.87 bits per heavy atom. The van der Waals surface area contributed by atoms with Crippen LogP contribution < -0.4 is 5.73 Å². The molecule has 0 spiro atoms. The first-order valence-electron chi connectivity index (χ1n) is 6.04. The predicted molar refractivity (Wildman–Crippen MR) is 61.7 cm³/mol. The molecule has 0 amide bonds. The Labute approximate surface area is 91.7 Å². The molecule has 0 radical (unpaired) electrons. The fourth-order valence-corrected chi connectivity index (χ4v) is 2.51. The molecule has 0 bridgehead atoms. The van der Waals surface area contributed by atoms with Crippen LogP contribution in [-0.2, 0) is 6.54 Å². The Morgan fingerprint density at radius 2 is 2.20 bits per heavy atom. The van der Waals surface area contributed by atoms with E-state index in [0.29, 0.717) is 0 Å². The van der Waals surface area contributed by atoms with E-state index in [1.807, 2.05) is 13.1 Å². The van der Waals surface area contributed by atoms with Gasteiger partial charge in [0.05, 0.1) is 6.54 Å². The van der Waals surface area contributed by atoms with E-state index in [1.54, 1.807) is 0 Å². The van der Waals surface area contributed by atoms with Gasteiger partial charge in [-0.2, -0.15) is 5.10 Å². The Hall–Kier alpha value is -0.830. The zero-order valence-corrected chi connectivity index (χ0v) is 9.52. The second kappa shape index (κ2) is 4.79. The van der Waals surface area contributed by atoms with Gasteiger partial charge in [-0.25, -0.2) is 0 Å². The van der Waals surface area contributed by atoms with Crippen molar-refractivity contribution in [3.63, 3.8) is 0 Å². The van der Waals surface area contributed by atoms with Gasteiger partial charge in [-0.3, -0.25) is 4.68 Å². The Kier molecular flexibility index (Phi) is 3.41. The van der Waals surface area contributed by atoms with Crippen molar-refractivity contribution in [2.24, 2.45) is 5.73 Å². The Balaban J connectivity index is 2.09. The number of nitrogens with two attached hydrogens (primary N) is 1. The summed E-state index contributed by atoms with van der Waals surface area (Å²) in [5.74, 6) is 0.722. The van der Waals surface area contributed by atoms with Crippen LogP contribution in [0.2, 0.25) is 0 Å². The second-order valence-corrected chi connectivity index (χ2v) is 4.75. The highest BCUT2D eigenvalue weighted by molar-refractivity contribution is 5.08. The molecule has 1 aliphatic carbocycles. The van der Waals surface area contributed by atoms with Gasteiger partial charge in [0.1, 0.15) is 0 Å². The molecule has 0 aromatic carbocycles. The van der Waals surface area contributed by atoms with Crippen molar-refractivity contribution >= 4 is 0 Å². The number of nitrogens with zero attached hydrogens (tertiary/aromatic N) is 2. The van der Waals surface area contributed by atoms with Crippen molar-refractivity contribution in [2.75, 3.05) is 0 Å². The summed E-state index contributed by atoms with van der Waals surface area (Å²) >= 11 is 0. The average Bonchev–Trinajstić information content (AvgIpc) is 2.66. The standard InChI is InChI=1S/C12H21N3/c1-10(13)9-15-12(7-8-14-15)11-5-3-2-4-6-11/h7-8,10-11H,2-6,9,13H2,1H3. The highest BCUT2D eigenvalue weighted by atomic mass is 15.3. The lowest BCUT2D eigenvalue weighted by Gasteiger charge is -2.23. The molecular formula is C12H21N3. The minimum atomic E-state index is 0.187. The Bertz CT molecular complexity index is 298. The van der Waals surface area contributed by atoms with E-state index >= 15 is 0 Å². The minimum Gasteiger partial charge on any atom is -0.326 e.